The number of carboxylic acid groups (broad SMARTS) is 1. The third kappa shape index (κ3) is 3.92. The topological polar surface area (TPSA) is 46.5 Å². The van der Waals surface area contributed by atoms with Crippen molar-refractivity contribution in [2.45, 2.75) is 6.61 Å². The molecule has 0 aliphatic heterocycles. The molecule has 0 aliphatic carbocycles. The minimum absolute atomic E-state index is 0.0619. The van der Waals surface area contributed by atoms with Crippen LogP contribution in [0.25, 0.3) is 0 Å². The number of benzene rings is 2. The lowest BCUT2D eigenvalue weighted by Crippen LogP contribution is -2.02. The molecule has 0 unspecified atom stereocenters. The number of carbonyl (C=O) groups is 1. The molecule has 0 bridgehead atoms. The van der Waals surface area contributed by atoms with Crippen molar-refractivity contribution in [2.24, 2.45) is 0 Å². The number of hydrogen-bond acceptors (Lipinski definition) is 2. The number of hydrogen-bond donors (Lipinski definition) is 1. The predicted molar refractivity (Wildman–Crippen MR) is 76.8 cm³/mol. The van der Waals surface area contributed by atoms with Gasteiger partial charge in [0.05, 0.1) is 15.1 Å². The molecule has 0 aliphatic rings. The first-order valence-corrected chi connectivity index (χ1v) is 6.84. The molecule has 0 aromatic heterocycles. The summed E-state index contributed by atoms with van der Waals surface area (Å²) in [5.41, 5.74) is 0.129. The summed E-state index contributed by atoms with van der Waals surface area (Å²) >= 11 is 8.77. The van der Waals surface area contributed by atoms with Gasteiger partial charge >= 0.3 is 5.97 Å². The van der Waals surface area contributed by atoms with E-state index in [0.29, 0.717) is 10.0 Å². The van der Waals surface area contributed by atoms with Gasteiger partial charge in [0.1, 0.15) is 24.0 Å². The zero-order valence-electron chi connectivity index (χ0n) is 10.4. The smallest absolute Gasteiger partial charge is 0.335 e. The van der Waals surface area contributed by atoms with Crippen LogP contribution in [0.15, 0.2) is 34.8 Å². The quantitative estimate of drug-likeness (QED) is 0.789. The van der Waals surface area contributed by atoms with E-state index in [9.17, 15) is 13.6 Å². The number of carboxylic acids is 1. The van der Waals surface area contributed by atoms with Crippen molar-refractivity contribution in [3.05, 3.63) is 62.6 Å². The van der Waals surface area contributed by atoms with Crippen molar-refractivity contribution in [3.63, 3.8) is 0 Å². The van der Waals surface area contributed by atoms with Gasteiger partial charge in [0.2, 0.25) is 0 Å². The Morgan fingerprint density at radius 3 is 2.62 bits per heavy atom. The first-order chi connectivity index (χ1) is 9.86. The lowest BCUT2D eigenvalue weighted by atomic mass is 10.1. The third-order valence-corrected chi connectivity index (χ3v) is 3.48. The van der Waals surface area contributed by atoms with Gasteiger partial charge in [-0.1, -0.05) is 11.6 Å². The van der Waals surface area contributed by atoms with Crippen LogP contribution in [0.2, 0.25) is 5.02 Å². The Bertz CT molecular complexity index is 707. The van der Waals surface area contributed by atoms with E-state index in [-0.39, 0.29) is 22.9 Å². The highest BCUT2D eigenvalue weighted by Gasteiger charge is 2.10. The maximum Gasteiger partial charge on any atom is 0.335 e. The number of halogens is 4. The van der Waals surface area contributed by atoms with Gasteiger partial charge < -0.3 is 9.84 Å². The highest BCUT2D eigenvalue weighted by molar-refractivity contribution is 9.10. The predicted octanol–water partition coefficient (Wildman–Crippen LogP) is 4.66. The second-order valence-corrected chi connectivity index (χ2v) is 5.40. The average molecular weight is 378 g/mol. The molecule has 0 atom stereocenters. The summed E-state index contributed by atoms with van der Waals surface area (Å²) in [5, 5.41) is 8.79. The molecule has 0 radical (unpaired) electrons. The molecule has 2 aromatic rings. The summed E-state index contributed by atoms with van der Waals surface area (Å²) in [6.07, 6.45) is 0. The second-order valence-electron chi connectivity index (χ2n) is 4.14. The Kier molecular flexibility index (Phi) is 4.80. The summed E-state index contributed by atoms with van der Waals surface area (Å²) in [6.45, 7) is -0.113. The third-order valence-electron chi connectivity index (χ3n) is 2.57. The van der Waals surface area contributed by atoms with Crippen LogP contribution in [0, 0.1) is 11.6 Å². The lowest BCUT2D eigenvalue weighted by molar-refractivity contribution is 0.0696. The molecular formula is C14H8BrClF2O3. The van der Waals surface area contributed by atoms with Crippen molar-refractivity contribution in [2.75, 3.05) is 0 Å². The molecule has 0 saturated heterocycles. The zero-order chi connectivity index (χ0) is 15.6. The molecule has 21 heavy (non-hydrogen) atoms. The van der Waals surface area contributed by atoms with Crippen molar-refractivity contribution < 1.29 is 23.4 Å². The van der Waals surface area contributed by atoms with E-state index in [0.717, 1.165) is 18.2 Å². The van der Waals surface area contributed by atoms with Crippen molar-refractivity contribution >= 4 is 33.5 Å². The van der Waals surface area contributed by atoms with E-state index in [4.69, 9.17) is 21.4 Å². The van der Waals surface area contributed by atoms with Crippen LogP contribution < -0.4 is 4.74 Å². The SMILES string of the molecule is O=C(O)c1cc(F)cc(COc2cc(F)c(Cl)cc2Br)c1. The van der Waals surface area contributed by atoms with E-state index in [2.05, 4.69) is 15.9 Å². The van der Waals surface area contributed by atoms with Crippen LogP contribution in [0.4, 0.5) is 8.78 Å². The molecule has 110 valence electrons. The zero-order valence-corrected chi connectivity index (χ0v) is 12.7. The van der Waals surface area contributed by atoms with Gasteiger partial charge in [-0.05, 0) is 45.8 Å². The van der Waals surface area contributed by atoms with Gasteiger partial charge in [-0.25, -0.2) is 13.6 Å². The van der Waals surface area contributed by atoms with Crippen molar-refractivity contribution in [1.29, 1.82) is 0 Å². The van der Waals surface area contributed by atoms with Crippen LogP contribution in [0.5, 0.6) is 5.75 Å². The summed E-state index contributed by atoms with van der Waals surface area (Å²) in [6, 6.07) is 5.76. The molecule has 1 N–H and O–H groups in total. The average Bonchev–Trinajstić information content (AvgIpc) is 2.40. The molecular weight excluding hydrogens is 370 g/mol. The summed E-state index contributed by atoms with van der Waals surface area (Å²) in [4.78, 5) is 10.8. The minimum Gasteiger partial charge on any atom is -0.488 e. The Balaban J connectivity index is 2.20. The fourth-order valence-corrected chi connectivity index (χ4v) is 2.39. The van der Waals surface area contributed by atoms with E-state index >= 15 is 0 Å². The van der Waals surface area contributed by atoms with E-state index < -0.39 is 17.6 Å². The summed E-state index contributed by atoms with van der Waals surface area (Å²) in [7, 11) is 0. The van der Waals surface area contributed by atoms with Crippen LogP contribution in [-0.4, -0.2) is 11.1 Å². The Morgan fingerprint density at radius 1 is 1.24 bits per heavy atom. The van der Waals surface area contributed by atoms with Crippen molar-refractivity contribution in [1.82, 2.24) is 0 Å². The molecule has 0 heterocycles. The molecule has 0 spiro atoms. The van der Waals surface area contributed by atoms with Gasteiger partial charge in [-0.3, -0.25) is 0 Å². The second kappa shape index (κ2) is 6.41. The first kappa shape index (κ1) is 15.7. The first-order valence-electron chi connectivity index (χ1n) is 5.67. The fourth-order valence-electron chi connectivity index (χ4n) is 1.63. The number of aromatic carboxylic acids is 1. The highest BCUT2D eigenvalue weighted by atomic mass is 79.9. The van der Waals surface area contributed by atoms with E-state index in [1.54, 1.807) is 0 Å². The van der Waals surface area contributed by atoms with Gasteiger partial charge in [0.15, 0.2) is 0 Å². The largest absolute Gasteiger partial charge is 0.488 e. The number of rotatable bonds is 4. The highest BCUT2D eigenvalue weighted by Crippen LogP contribution is 2.31. The van der Waals surface area contributed by atoms with Gasteiger partial charge in [-0.2, -0.15) is 0 Å². The molecule has 0 fully saturated rings. The molecule has 7 heteroatoms. The monoisotopic (exact) mass is 376 g/mol. The minimum atomic E-state index is -1.24. The Morgan fingerprint density at radius 2 is 1.95 bits per heavy atom. The Labute approximate surface area is 132 Å². The lowest BCUT2D eigenvalue weighted by Gasteiger charge is -2.10. The van der Waals surface area contributed by atoms with E-state index in [1.807, 2.05) is 0 Å². The van der Waals surface area contributed by atoms with Crippen LogP contribution in [-0.2, 0) is 6.61 Å². The van der Waals surface area contributed by atoms with E-state index in [1.165, 1.54) is 12.1 Å². The molecule has 2 rings (SSSR count). The Hall–Kier alpha value is -1.66. The standard InChI is InChI=1S/C14H8BrClF2O3/c15-10-4-11(16)12(18)5-13(10)21-6-7-1-8(14(19)20)3-9(17)2-7/h1-5H,6H2,(H,19,20). The van der Waals surface area contributed by atoms with Crippen LogP contribution in [0.1, 0.15) is 15.9 Å². The number of ether oxygens (including phenoxy) is 1. The maximum atomic E-state index is 13.3. The summed E-state index contributed by atoms with van der Waals surface area (Å²) in [5.74, 6) is -2.40. The molecule has 3 nitrogen and oxygen atoms in total. The van der Waals surface area contributed by atoms with Gasteiger partial charge in [-0.15, -0.1) is 0 Å². The molecule has 0 amide bonds. The summed E-state index contributed by atoms with van der Waals surface area (Å²) < 4.78 is 32.4. The fraction of sp³-hybridized carbons (Fsp3) is 0.0714. The van der Waals surface area contributed by atoms with Crippen LogP contribution >= 0.6 is 27.5 Å². The van der Waals surface area contributed by atoms with Crippen molar-refractivity contribution in [3.8, 4) is 5.75 Å². The normalized spacial score (nSPS) is 10.5. The maximum absolute atomic E-state index is 13.3. The van der Waals surface area contributed by atoms with Gasteiger partial charge in [0.25, 0.3) is 0 Å². The van der Waals surface area contributed by atoms with Crippen LogP contribution in [0.3, 0.4) is 0 Å². The van der Waals surface area contributed by atoms with Gasteiger partial charge in [0, 0.05) is 6.07 Å². The molecule has 0 saturated carbocycles. The molecule has 2 aromatic carbocycles.